The highest BCUT2D eigenvalue weighted by Crippen LogP contribution is 2.15. The lowest BCUT2D eigenvalue weighted by Crippen LogP contribution is -2.51. The fourth-order valence-electron chi connectivity index (χ4n) is 3.23. The van der Waals surface area contributed by atoms with Gasteiger partial charge in [-0.1, -0.05) is 32.0 Å². The van der Waals surface area contributed by atoms with Gasteiger partial charge in [-0.05, 0) is 12.0 Å². The van der Waals surface area contributed by atoms with Crippen LogP contribution in [0.5, 0.6) is 0 Å². The molecule has 2 heterocycles. The van der Waals surface area contributed by atoms with Gasteiger partial charge in [0, 0.05) is 38.6 Å². The van der Waals surface area contributed by atoms with E-state index >= 15 is 0 Å². The number of amides is 2. The molecule has 0 atom stereocenters. The van der Waals surface area contributed by atoms with Gasteiger partial charge < -0.3 is 14.5 Å². The number of piperazine rings is 1. The van der Waals surface area contributed by atoms with Crippen LogP contribution in [0, 0.1) is 5.92 Å². The largest absolute Gasteiger partial charge is 0.449 e. The van der Waals surface area contributed by atoms with E-state index in [0.29, 0.717) is 49.3 Å². The molecule has 2 amide bonds. The van der Waals surface area contributed by atoms with Crippen molar-refractivity contribution in [1.29, 1.82) is 0 Å². The van der Waals surface area contributed by atoms with Gasteiger partial charge in [0.2, 0.25) is 5.91 Å². The Morgan fingerprint density at radius 2 is 1.68 bits per heavy atom. The zero-order valence-electron chi connectivity index (χ0n) is 16.6. The van der Waals surface area contributed by atoms with Crippen molar-refractivity contribution in [1.82, 2.24) is 19.6 Å². The maximum atomic E-state index is 12.8. The number of benzene rings is 1. The van der Waals surface area contributed by atoms with E-state index in [9.17, 15) is 14.4 Å². The van der Waals surface area contributed by atoms with Crippen LogP contribution in [-0.4, -0.2) is 64.4 Å². The standard InChI is InChI=1S/C20H26N4O4/c1-14(2)13-28-20(27)24-10-8-23(9-11-24)18(25)12-17-15-6-4-5-7-16(15)19(26)22(3)21-17/h4-7,14H,8-13H2,1-3H3. The van der Waals surface area contributed by atoms with Gasteiger partial charge in [-0.25, -0.2) is 9.48 Å². The van der Waals surface area contributed by atoms with Gasteiger partial charge in [-0.15, -0.1) is 0 Å². The maximum Gasteiger partial charge on any atom is 0.409 e. The number of fused-ring (bicyclic) bond motifs is 1. The first-order chi connectivity index (χ1) is 13.4. The van der Waals surface area contributed by atoms with Gasteiger partial charge in [0.1, 0.15) is 0 Å². The number of rotatable bonds is 4. The molecule has 28 heavy (non-hydrogen) atoms. The first kappa shape index (κ1) is 19.9. The molecule has 1 aromatic heterocycles. The topological polar surface area (TPSA) is 84.7 Å². The average Bonchev–Trinajstić information content (AvgIpc) is 2.70. The lowest BCUT2D eigenvalue weighted by molar-refractivity contribution is -0.132. The molecule has 1 fully saturated rings. The predicted molar refractivity (Wildman–Crippen MR) is 105 cm³/mol. The molecule has 2 aromatic rings. The summed E-state index contributed by atoms with van der Waals surface area (Å²) in [6.45, 7) is 6.18. The van der Waals surface area contributed by atoms with Crippen LogP contribution in [0.15, 0.2) is 29.1 Å². The van der Waals surface area contributed by atoms with Crippen LogP contribution >= 0.6 is 0 Å². The Bertz CT molecular complexity index is 929. The fraction of sp³-hybridized carbons (Fsp3) is 0.500. The van der Waals surface area contributed by atoms with E-state index in [1.54, 1.807) is 29.0 Å². The van der Waals surface area contributed by atoms with Crippen LogP contribution in [0.4, 0.5) is 4.79 Å². The molecule has 0 saturated carbocycles. The minimum Gasteiger partial charge on any atom is -0.449 e. The number of ether oxygens (including phenoxy) is 1. The number of nitrogens with zero attached hydrogens (tertiary/aromatic N) is 4. The van der Waals surface area contributed by atoms with Gasteiger partial charge in [-0.3, -0.25) is 9.59 Å². The van der Waals surface area contributed by atoms with Crippen molar-refractivity contribution in [3.63, 3.8) is 0 Å². The second kappa shape index (κ2) is 8.41. The van der Waals surface area contributed by atoms with Gasteiger partial charge in [0.15, 0.2) is 0 Å². The molecular formula is C20H26N4O4. The second-order valence-electron chi connectivity index (χ2n) is 7.44. The Hall–Kier alpha value is -2.90. The van der Waals surface area contributed by atoms with Crippen molar-refractivity contribution in [2.24, 2.45) is 13.0 Å². The summed E-state index contributed by atoms with van der Waals surface area (Å²) in [6, 6.07) is 7.19. The Kier molecular flexibility index (Phi) is 5.96. The molecule has 1 saturated heterocycles. The molecule has 1 aromatic carbocycles. The lowest BCUT2D eigenvalue weighted by Gasteiger charge is -2.34. The van der Waals surface area contributed by atoms with Crippen molar-refractivity contribution in [2.75, 3.05) is 32.8 Å². The van der Waals surface area contributed by atoms with Crippen LogP contribution in [0.25, 0.3) is 10.8 Å². The first-order valence-corrected chi connectivity index (χ1v) is 9.51. The molecule has 0 bridgehead atoms. The highest BCUT2D eigenvalue weighted by molar-refractivity contribution is 5.88. The van der Waals surface area contributed by atoms with Gasteiger partial charge in [-0.2, -0.15) is 5.10 Å². The Morgan fingerprint density at radius 3 is 2.32 bits per heavy atom. The van der Waals surface area contributed by atoms with Crippen molar-refractivity contribution in [3.05, 3.63) is 40.3 Å². The van der Waals surface area contributed by atoms with Crippen molar-refractivity contribution >= 4 is 22.8 Å². The molecule has 8 heteroatoms. The van der Waals surface area contributed by atoms with Gasteiger partial charge >= 0.3 is 6.09 Å². The normalized spacial score (nSPS) is 14.6. The highest BCUT2D eigenvalue weighted by atomic mass is 16.6. The number of aromatic nitrogens is 2. The van der Waals surface area contributed by atoms with Crippen molar-refractivity contribution in [2.45, 2.75) is 20.3 Å². The summed E-state index contributed by atoms with van der Waals surface area (Å²) in [7, 11) is 1.59. The minimum atomic E-state index is -0.327. The third-order valence-electron chi connectivity index (χ3n) is 4.78. The molecule has 150 valence electrons. The number of aryl methyl sites for hydroxylation is 1. The summed E-state index contributed by atoms with van der Waals surface area (Å²) in [4.78, 5) is 40.4. The van der Waals surface area contributed by atoms with Crippen molar-refractivity contribution in [3.8, 4) is 0 Å². The lowest BCUT2D eigenvalue weighted by atomic mass is 10.1. The summed E-state index contributed by atoms with van der Waals surface area (Å²) in [5.41, 5.74) is 0.404. The van der Waals surface area contributed by atoms with E-state index in [2.05, 4.69) is 5.10 Å². The molecule has 0 unspecified atom stereocenters. The minimum absolute atomic E-state index is 0.0634. The quantitative estimate of drug-likeness (QED) is 0.793. The van der Waals surface area contributed by atoms with E-state index in [-0.39, 0.29) is 29.9 Å². The molecular weight excluding hydrogens is 360 g/mol. The van der Waals surface area contributed by atoms with E-state index in [4.69, 9.17) is 4.74 Å². The second-order valence-corrected chi connectivity index (χ2v) is 7.44. The van der Waals surface area contributed by atoms with Crippen LogP contribution in [0.3, 0.4) is 0 Å². The van der Waals surface area contributed by atoms with Crippen LogP contribution in [0.1, 0.15) is 19.5 Å². The first-order valence-electron chi connectivity index (χ1n) is 9.51. The smallest absolute Gasteiger partial charge is 0.409 e. The predicted octanol–water partition coefficient (Wildman–Crippen LogP) is 1.41. The summed E-state index contributed by atoms with van der Waals surface area (Å²) < 4.78 is 6.52. The van der Waals surface area contributed by atoms with Crippen LogP contribution in [0.2, 0.25) is 0 Å². The number of carbonyl (C=O) groups excluding carboxylic acids is 2. The van der Waals surface area contributed by atoms with E-state index in [0.717, 1.165) is 0 Å². The molecule has 1 aliphatic heterocycles. The Labute approximate surface area is 163 Å². The maximum absolute atomic E-state index is 12.8. The summed E-state index contributed by atoms with van der Waals surface area (Å²) >= 11 is 0. The molecule has 0 spiro atoms. The number of hydrogen-bond acceptors (Lipinski definition) is 5. The molecule has 1 aliphatic rings. The molecule has 8 nitrogen and oxygen atoms in total. The van der Waals surface area contributed by atoms with Crippen molar-refractivity contribution < 1.29 is 14.3 Å². The Balaban J connectivity index is 1.64. The van der Waals surface area contributed by atoms with Gasteiger partial charge in [0.25, 0.3) is 5.56 Å². The average molecular weight is 386 g/mol. The molecule has 0 aliphatic carbocycles. The fourth-order valence-corrected chi connectivity index (χ4v) is 3.23. The third-order valence-corrected chi connectivity index (χ3v) is 4.78. The SMILES string of the molecule is CC(C)COC(=O)N1CCN(C(=O)Cc2nn(C)c(=O)c3ccccc23)CC1. The zero-order chi connectivity index (χ0) is 20.3. The Morgan fingerprint density at radius 1 is 1.07 bits per heavy atom. The summed E-state index contributed by atoms with van der Waals surface area (Å²) in [5.74, 6) is 0.225. The van der Waals surface area contributed by atoms with Gasteiger partial charge in [0.05, 0.1) is 24.1 Å². The van der Waals surface area contributed by atoms with Crippen LogP contribution in [-0.2, 0) is 23.0 Å². The monoisotopic (exact) mass is 386 g/mol. The van der Waals surface area contributed by atoms with E-state index in [1.807, 2.05) is 26.0 Å². The van der Waals surface area contributed by atoms with Crippen LogP contribution < -0.4 is 5.56 Å². The van der Waals surface area contributed by atoms with E-state index < -0.39 is 0 Å². The number of hydrogen-bond donors (Lipinski definition) is 0. The summed E-state index contributed by atoms with van der Waals surface area (Å²) in [5, 5.41) is 5.55. The molecule has 0 radical (unpaired) electrons. The molecule has 0 N–H and O–H groups in total. The highest BCUT2D eigenvalue weighted by Gasteiger charge is 2.26. The van der Waals surface area contributed by atoms with E-state index in [1.165, 1.54) is 4.68 Å². The third kappa shape index (κ3) is 4.32. The summed E-state index contributed by atoms with van der Waals surface area (Å²) in [6.07, 6.45) is -0.210. The zero-order valence-corrected chi connectivity index (χ0v) is 16.6. The molecule has 3 rings (SSSR count). The number of carbonyl (C=O) groups is 2.